The molecule has 0 aliphatic carbocycles. The van der Waals surface area contributed by atoms with Gasteiger partial charge in [-0.2, -0.15) is 0 Å². The highest BCUT2D eigenvalue weighted by Gasteiger charge is 2.25. The molecule has 2 amide bonds. The van der Waals surface area contributed by atoms with Crippen molar-refractivity contribution in [2.45, 2.75) is 32.9 Å². The van der Waals surface area contributed by atoms with E-state index in [2.05, 4.69) is 5.32 Å². The van der Waals surface area contributed by atoms with Gasteiger partial charge in [0.15, 0.2) is 0 Å². The maximum atomic E-state index is 12.9. The molecule has 0 aliphatic heterocycles. The summed E-state index contributed by atoms with van der Waals surface area (Å²) >= 11 is 11.8. The van der Waals surface area contributed by atoms with Gasteiger partial charge in [-0.05, 0) is 49.2 Å². The highest BCUT2D eigenvalue weighted by molar-refractivity contribution is 6.30. The van der Waals surface area contributed by atoms with Crippen molar-refractivity contribution in [1.82, 2.24) is 10.2 Å². The first-order chi connectivity index (χ1) is 12.4. The molecule has 6 heteroatoms. The van der Waals surface area contributed by atoms with Crippen LogP contribution in [0.15, 0.2) is 48.5 Å². The summed E-state index contributed by atoms with van der Waals surface area (Å²) in [5.74, 6) is -0.299. The van der Waals surface area contributed by atoms with Crippen molar-refractivity contribution in [3.63, 3.8) is 0 Å². The summed E-state index contributed by atoms with van der Waals surface area (Å²) in [4.78, 5) is 26.8. The van der Waals surface area contributed by atoms with E-state index in [0.29, 0.717) is 23.1 Å². The molecule has 1 unspecified atom stereocenters. The molecule has 0 spiro atoms. The van der Waals surface area contributed by atoms with Crippen LogP contribution in [0.3, 0.4) is 0 Å². The highest BCUT2D eigenvalue weighted by Crippen LogP contribution is 2.16. The van der Waals surface area contributed by atoms with Gasteiger partial charge >= 0.3 is 0 Å². The standard InChI is InChI=1S/C20H22Cl2N2O2/c1-3-23-20(26)14(2)24(13-16-6-10-18(22)11-7-16)19(25)12-15-4-8-17(21)9-5-15/h4-11,14H,3,12-13H2,1-2H3,(H,23,26). The third-order valence-electron chi connectivity index (χ3n) is 4.05. The van der Waals surface area contributed by atoms with Gasteiger partial charge in [0.2, 0.25) is 11.8 Å². The number of carbonyl (C=O) groups excluding carboxylic acids is 2. The van der Waals surface area contributed by atoms with Gasteiger partial charge < -0.3 is 10.2 Å². The van der Waals surface area contributed by atoms with E-state index in [1.54, 1.807) is 36.1 Å². The van der Waals surface area contributed by atoms with Gasteiger partial charge in [-0.25, -0.2) is 0 Å². The third-order valence-corrected chi connectivity index (χ3v) is 4.56. The Labute approximate surface area is 164 Å². The fraction of sp³-hybridized carbons (Fsp3) is 0.300. The summed E-state index contributed by atoms with van der Waals surface area (Å²) in [6.07, 6.45) is 0.203. The highest BCUT2D eigenvalue weighted by atomic mass is 35.5. The molecule has 2 rings (SSSR count). The lowest BCUT2D eigenvalue weighted by atomic mass is 10.1. The Morgan fingerprint density at radius 1 is 0.962 bits per heavy atom. The van der Waals surface area contributed by atoms with E-state index < -0.39 is 6.04 Å². The Hall–Kier alpha value is -2.04. The Kier molecular flexibility index (Phi) is 7.49. The number of amides is 2. The van der Waals surface area contributed by atoms with Crippen LogP contribution in [0.4, 0.5) is 0 Å². The van der Waals surface area contributed by atoms with Crippen LogP contribution in [0, 0.1) is 0 Å². The average molecular weight is 393 g/mol. The minimum Gasteiger partial charge on any atom is -0.355 e. The van der Waals surface area contributed by atoms with E-state index in [1.807, 2.05) is 31.2 Å². The fourth-order valence-corrected chi connectivity index (χ4v) is 2.82. The number of rotatable bonds is 7. The molecule has 1 N–H and O–H groups in total. The number of carbonyl (C=O) groups is 2. The molecule has 0 aliphatic rings. The van der Waals surface area contributed by atoms with E-state index in [9.17, 15) is 9.59 Å². The molecule has 0 radical (unpaired) electrons. The van der Waals surface area contributed by atoms with Crippen LogP contribution in [-0.4, -0.2) is 29.3 Å². The fourth-order valence-electron chi connectivity index (χ4n) is 2.57. The number of nitrogens with one attached hydrogen (secondary N) is 1. The molecule has 0 heterocycles. The zero-order valence-electron chi connectivity index (χ0n) is 14.8. The second-order valence-electron chi connectivity index (χ2n) is 6.02. The van der Waals surface area contributed by atoms with E-state index in [0.717, 1.165) is 11.1 Å². The van der Waals surface area contributed by atoms with Crippen LogP contribution in [0.2, 0.25) is 10.0 Å². The summed E-state index contributed by atoms with van der Waals surface area (Å²) in [7, 11) is 0. The first-order valence-corrected chi connectivity index (χ1v) is 9.22. The second kappa shape index (κ2) is 9.60. The van der Waals surface area contributed by atoms with Gasteiger partial charge in [0.25, 0.3) is 0 Å². The summed E-state index contributed by atoms with van der Waals surface area (Å²) in [6, 6.07) is 13.8. The number of hydrogen-bond acceptors (Lipinski definition) is 2. The normalized spacial score (nSPS) is 11.7. The van der Waals surface area contributed by atoms with Crippen molar-refractivity contribution in [1.29, 1.82) is 0 Å². The van der Waals surface area contributed by atoms with Crippen LogP contribution in [-0.2, 0) is 22.6 Å². The lowest BCUT2D eigenvalue weighted by molar-refractivity contribution is -0.140. The number of nitrogens with zero attached hydrogens (tertiary/aromatic N) is 1. The van der Waals surface area contributed by atoms with Crippen molar-refractivity contribution in [3.05, 3.63) is 69.7 Å². The van der Waals surface area contributed by atoms with Crippen LogP contribution in [0.25, 0.3) is 0 Å². The molecule has 0 bridgehead atoms. The third kappa shape index (κ3) is 5.75. The predicted octanol–water partition coefficient (Wildman–Crippen LogP) is 4.09. The zero-order chi connectivity index (χ0) is 19.1. The molecule has 0 aromatic heterocycles. The summed E-state index contributed by atoms with van der Waals surface area (Å²) in [6.45, 7) is 4.44. The minimum atomic E-state index is -0.578. The Morgan fingerprint density at radius 2 is 1.46 bits per heavy atom. The molecular formula is C20H22Cl2N2O2. The van der Waals surface area contributed by atoms with Crippen LogP contribution < -0.4 is 5.32 Å². The quantitative estimate of drug-likeness (QED) is 0.771. The molecule has 26 heavy (non-hydrogen) atoms. The predicted molar refractivity (Wildman–Crippen MR) is 105 cm³/mol. The largest absolute Gasteiger partial charge is 0.355 e. The molecule has 138 valence electrons. The first-order valence-electron chi connectivity index (χ1n) is 8.46. The van der Waals surface area contributed by atoms with Gasteiger partial charge in [0.05, 0.1) is 6.42 Å². The van der Waals surface area contributed by atoms with Gasteiger partial charge in [-0.15, -0.1) is 0 Å². The molecule has 0 saturated carbocycles. The SMILES string of the molecule is CCNC(=O)C(C)N(Cc1ccc(Cl)cc1)C(=O)Cc1ccc(Cl)cc1. The molecular weight excluding hydrogens is 371 g/mol. The van der Waals surface area contributed by atoms with Crippen molar-refractivity contribution in [2.24, 2.45) is 0 Å². The van der Waals surface area contributed by atoms with Gasteiger partial charge in [-0.3, -0.25) is 9.59 Å². The van der Waals surface area contributed by atoms with Crippen molar-refractivity contribution < 1.29 is 9.59 Å². The minimum absolute atomic E-state index is 0.124. The summed E-state index contributed by atoms with van der Waals surface area (Å²) < 4.78 is 0. The summed E-state index contributed by atoms with van der Waals surface area (Å²) in [5, 5.41) is 4.02. The number of likely N-dealkylation sites (N-methyl/N-ethyl adjacent to an activating group) is 1. The lowest BCUT2D eigenvalue weighted by Gasteiger charge is -2.29. The topological polar surface area (TPSA) is 49.4 Å². The number of benzene rings is 2. The van der Waals surface area contributed by atoms with Crippen molar-refractivity contribution >= 4 is 35.0 Å². The Morgan fingerprint density at radius 3 is 1.96 bits per heavy atom. The summed E-state index contributed by atoms with van der Waals surface area (Å²) in [5.41, 5.74) is 1.76. The first kappa shape index (κ1) is 20.3. The van der Waals surface area contributed by atoms with E-state index >= 15 is 0 Å². The second-order valence-corrected chi connectivity index (χ2v) is 6.89. The molecule has 2 aromatic carbocycles. The smallest absolute Gasteiger partial charge is 0.242 e. The number of halogens is 2. The van der Waals surface area contributed by atoms with Gasteiger partial charge in [0, 0.05) is 23.1 Å². The Bertz CT molecular complexity index is 745. The number of hydrogen-bond donors (Lipinski definition) is 1. The van der Waals surface area contributed by atoms with Crippen molar-refractivity contribution in [3.8, 4) is 0 Å². The monoisotopic (exact) mass is 392 g/mol. The van der Waals surface area contributed by atoms with Crippen LogP contribution in [0.5, 0.6) is 0 Å². The molecule has 2 aromatic rings. The van der Waals surface area contributed by atoms with Gasteiger partial charge in [-0.1, -0.05) is 47.5 Å². The molecule has 0 fully saturated rings. The maximum Gasteiger partial charge on any atom is 0.242 e. The van der Waals surface area contributed by atoms with E-state index in [1.165, 1.54) is 0 Å². The average Bonchev–Trinajstić information content (AvgIpc) is 2.62. The van der Waals surface area contributed by atoms with Crippen LogP contribution in [0.1, 0.15) is 25.0 Å². The van der Waals surface area contributed by atoms with E-state index in [4.69, 9.17) is 23.2 Å². The lowest BCUT2D eigenvalue weighted by Crippen LogP contribution is -2.48. The molecule has 0 saturated heterocycles. The zero-order valence-corrected chi connectivity index (χ0v) is 16.3. The van der Waals surface area contributed by atoms with Crippen molar-refractivity contribution in [2.75, 3.05) is 6.54 Å². The molecule has 1 atom stereocenters. The maximum absolute atomic E-state index is 12.9. The Balaban J connectivity index is 2.20. The van der Waals surface area contributed by atoms with E-state index in [-0.39, 0.29) is 18.2 Å². The molecule has 4 nitrogen and oxygen atoms in total. The van der Waals surface area contributed by atoms with Gasteiger partial charge in [0.1, 0.15) is 6.04 Å². The van der Waals surface area contributed by atoms with Crippen LogP contribution >= 0.6 is 23.2 Å².